The fourth-order valence-corrected chi connectivity index (χ4v) is 7.05. The molecule has 1 fully saturated rings. The van der Waals surface area contributed by atoms with Gasteiger partial charge in [-0.15, -0.1) is 0 Å². The molecule has 1 spiro atoms. The van der Waals surface area contributed by atoms with Gasteiger partial charge in [0, 0.05) is 22.5 Å². The van der Waals surface area contributed by atoms with E-state index >= 15 is 0 Å². The summed E-state index contributed by atoms with van der Waals surface area (Å²) < 4.78 is 7.21. The highest BCUT2D eigenvalue weighted by molar-refractivity contribution is 5.55. The van der Waals surface area contributed by atoms with Gasteiger partial charge in [-0.2, -0.15) is 0 Å². The van der Waals surface area contributed by atoms with Crippen LogP contribution in [-0.4, -0.2) is 10.1 Å². The standard InChI is InChI=1S/C31H43NO2/c1-18(2)15-21-10-12-22(13-11-21)29-26-27(31(34-29)14-8-9-20(31)5)25-23(32-28(26)19(3)4)16-30(6,7)17-24(25)33/h10-13,18-20,24,29,33H,8-9,14-17H2,1-7H3. The predicted octanol–water partition coefficient (Wildman–Crippen LogP) is 7.54. The molecule has 4 atom stereocenters. The van der Waals surface area contributed by atoms with Gasteiger partial charge in [-0.25, -0.2) is 0 Å². The van der Waals surface area contributed by atoms with E-state index in [0.29, 0.717) is 17.8 Å². The molecular weight excluding hydrogens is 418 g/mol. The van der Waals surface area contributed by atoms with Crippen LogP contribution in [-0.2, 0) is 23.2 Å². The first-order valence-corrected chi connectivity index (χ1v) is 13.5. The van der Waals surface area contributed by atoms with E-state index < -0.39 is 6.10 Å². The van der Waals surface area contributed by atoms with Crippen molar-refractivity contribution < 1.29 is 9.84 Å². The summed E-state index contributed by atoms with van der Waals surface area (Å²) >= 11 is 0. The number of ether oxygens (including phenoxy) is 1. The van der Waals surface area contributed by atoms with E-state index in [2.05, 4.69) is 72.7 Å². The number of hydrogen-bond acceptors (Lipinski definition) is 3. The number of fused-ring (bicyclic) bond motifs is 4. The first-order chi connectivity index (χ1) is 16.0. The largest absolute Gasteiger partial charge is 0.388 e. The summed E-state index contributed by atoms with van der Waals surface area (Å²) in [5.74, 6) is 1.38. The van der Waals surface area contributed by atoms with Crippen molar-refractivity contribution in [3.8, 4) is 0 Å². The van der Waals surface area contributed by atoms with E-state index in [1.807, 2.05) is 0 Å². The minimum absolute atomic E-state index is 0.0570. The third-order valence-electron chi connectivity index (χ3n) is 8.57. The normalized spacial score (nSPS) is 29.8. The van der Waals surface area contributed by atoms with Crippen molar-refractivity contribution in [1.82, 2.24) is 4.98 Å². The second-order valence-corrected chi connectivity index (χ2v) is 12.9. The van der Waals surface area contributed by atoms with Crippen molar-refractivity contribution in [2.24, 2.45) is 17.3 Å². The molecule has 1 aromatic heterocycles. The molecule has 4 unspecified atom stereocenters. The Balaban J connectivity index is 1.72. The number of rotatable bonds is 4. The van der Waals surface area contributed by atoms with Gasteiger partial charge in [0.2, 0.25) is 0 Å². The van der Waals surface area contributed by atoms with Crippen LogP contribution in [0.25, 0.3) is 0 Å². The summed E-state index contributed by atoms with van der Waals surface area (Å²) in [5.41, 5.74) is 8.31. The first kappa shape index (κ1) is 24.0. The zero-order chi connectivity index (χ0) is 24.4. The molecule has 3 aliphatic rings. The van der Waals surface area contributed by atoms with E-state index in [9.17, 15) is 5.11 Å². The SMILES string of the molecule is CC(C)Cc1ccc(C2OC3(CCCC3C)c3c4c(nc(C(C)C)c32)CC(C)(C)CC4O)cc1. The lowest BCUT2D eigenvalue weighted by atomic mass is 9.69. The van der Waals surface area contributed by atoms with Crippen molar-refractivity contribution in [1.29, 1.82) is 0 Å². The Hall–Kier alpha value is -1.71. The summed E-state index contributed by atoms with van der Waals surface area (Å²) in [5, 5.41) is 11.5. The minimum atomic E-state index is -0.471. The van der Waals surface area contributed by atoms with Crippen LogP contribution < -0.4 is 0 Å². The molecule has 184 valence electrons. The Bertz CT molecular complexity index is 1070. The maximum Gasteiger partial charge on any atom is 0.111 e. The zero-order valence-electron chi connectivity index (χ0n) is 22.2. The highest BCUT2D eigenvalue weighted by atomic mass is 16.5. The van der Waals surface area contributed by atoms with Crippen LogP contribution in [0.4, 0.5) is 0 Å². The molecule has 34 heavy (non-hydrogen) atoms. The number of aromatic nitrogens is 1. The number of hydrogen-bond donors (Lipinski definition) is 1. The molecule has 0 saturated heterocycles. The second kappa shape index (κ2) is 8.45. The van der Waals surface area contributed by atoms with Gasteiger partial charge in [0.15, 0.2) is 0 Å². The predicted molar refractivity (Wildman–Crippen MR) is 138 cm³/mol. The molecule has 1 saturated carbocycles. The lowest BCUT2D eigenvalue weighted by molar-refractivity contribution is -0.0842. The van der Waals surface area contributed by atoms with Crippen molar-refractivity contribution >= 4 is 0 Å². The Kier molecular flexibility index (Phi) is 5.97. The molecule has 2 aliphatic carbocycles. The van der Waals surface area contributed by atoms with Crippen molar-refractivity contribution in [3.05, 3.63) is 63.5 Å². The third kappa shape index (κ3) is 3.84. The monoisotopic (exact) mass is 461 g/mol. The lowest BCUT2D eigenvalue weighted by Crippen LogP contribution is -2.34. The van der Waals surface area contributed by atoms with E-state index in [1.165, 1.54) is 40.8 Å². The van der Waals surface area contributed by atoms with Crippen LogP contribution in [0.15, 0.2) is 24.3 Å². The number of pyridine rings is 1. The van der Waals surface area contributed by atoms with E-state index in [0.717, 1.165) is 36.9 Å². The van der Waals surface area contributed by atoms with Crippen LogP contribution >= 0.6 is 0 Å². The Morgan fingerprint density at radius 2 is 1.79 bits per heavy atom. The molecule has 2 aromatic rings. The van der Waals surface area contributed by atoms with Gasteiger partial charge < -0.3 is 9.84 Å². The molecule has 0 radical (unpaired) electrons. The van der Waals surface area contributed by atoms with Gasteiger partial charge in [0.25, 0.3) is 0 Å². The lowest BCUT2D eigenvalue weighted by Gasteiger charge is -2.39. The van der Waals surface area contributed by atoms with E-state index in [4.69, 9.17) is 9.72 Å². The summed E-state index contributed by atoms with van der Waals surface area (Å²) in [6.45, 7) is 15.9. The number of aliphatic hydroxyl groups excluding tert-OH is 1. The van der Waals surface area contributed by atoms with Gasteiger partial charge >= 0.3 is 0 Å². The summed E-state index contributed by atoms with van der Waals surface area (Å²) in [6, 6.07) is 9.10. The molecule has 1 N–H and O–H groups in total. The van der Waals surface area contributed by atoms with E-state index in [1.54, 1.807) is 0 Å². The maximum absolute atomic E-state index is 11.5. The minimum Gasteiger partial charge on any atom is -0.388 e. The van der Waals surface area contributed by atoms with Gasteiger partial charge in [-0.1, -0.05) is 72.7 Å². The maximum atomic E-state index is 11.5. The number of benzene rings is 1. The van der Waals surface area contributed by atoms with E-state index in [-0.39, 0.29) is 17.1 Å². The zero-order valence-corrected chi connectivity index (χ0v) is 22.2. The highest BCUT2D eigenvalue weighted by Crippen LogP contribution is 2.61. The fourth-order valence-electron chi connectivity index (χ4n) is 7.05. The van der Waals surface area contributed by atoms with Gasteiger partial charge in [0.1, 0.15) is 6.10 Å². The topological polar surface area (TPSA) is 42.4 Å². The van der Waals surface area contributed by atoms with Crippen molar-refractivity contribution in [3.63, 3.8) is 0 Å². The smallest absolute Gasteiger partial charge is 0.111 e. The highest BCUT2D eigenvalue weighted by Gasteiger charge is 2.55. The Morgan fingerprint density at radius 3 is 2.38 bits per heavy atom. The number of aliphatic hydroxyl groups is 1. The second-order valence-electron chi connectivity index (χ2n) is 12.9. The van der Waals surface area contributed by atoms with Gasteiger partial charge in [-0.3, -0.25) is 4.98 Å². The summed E-state index contributed by atoms with van der Waals surface area (Å²) in [6.07, 6.45) is 5.61. The van der Waals surface area contributed by atoms with Crippen LogP contribution in [0.3, 0.4) is 0 Å². The molecule has 2 heterocycles. The third-order valence-corrected chi connectivity index (χ3v) is 8.57. The molecule has 1 aromatic carbocycles. The van der Waals surface area contributed by atoms with Gasteiger partial charge in [-0.05, 0) is 78.4 Å². The quantitative estimate of drug-likeness (QED) is 0.511. The molecule has 1 aliphatic heterocycles. The molecular formula is C31H43NO2. The van der Waals surface area contributed by atoms with Crippen LogP contribution in [0.2, 0.25) is 0 Å². The average Bonchev–Trinajstić information content (AvgIpc) is 3.27. The number of nitrogens with zero attached hydrogens (tertiary/aromatic N) is 1. The van der Waals surface area contributed by atoms with Gasteiger partial charge in [0.05, 0.1) is 11.7 Å². The molecule has 0 amide bonds. The fraction of sp³-hybridized carbons (Fsp3) is 0.645. The van der Waals surface area contributed by atoms with Crippen LogP contribution in [0.1, 0.15) is 131 Å². The molecule has 0 bridgehead atoms. The van der Waals surface area contributed by atoms with Crippen molar-refractivity contribution in [2.45, 2.75) is 111 Å². The average molecular weight is 462 g/mol. The van der Waals surface area contributed by atoms with Crippen LogP contribution in [0, 0.1) is 17.3 Å². The van der Waals surface area contributed by atoms with Crippen molar-refractivity contribution in [2.75, 3.05) is 0 Å². The molecule has 3 nitrogen and oxygen atoms in total. The Labute approximate surface area is 206 Å². The Morgan fingerprint density at radius 1 is 1.09 bits per heavy atom. The summed E-state index contributed by atoms with van der Waals surface area (Å²) in [7, 11) is 0. The first-order valence-electron chi connectivity index (χ1n) is 13.5. The molecule has 5 rings (SSSR count). The molecule has 3 heteroatoms. The summed E-state index contributed by atoms with van der Waals surface area (Å²) in [4.78, 5) is 5.30. The van der Waals surface area contributed by atoms with Crippen LogP contribution in [0.5, 0.6) is 0 Å².